The topological polar surface area (TPSA) is 81.7 Å². The first-order chi connectivity index (χ1) is 16.2. The van der Waals surface area contributed by atoms with Gasteiger partial charge in [0.2, 0.25) is 11.8 Å². The van der Waals surface area contributed by atoms with E-state index in [2.05, 4.69) is 34.2 Å². The van der Waals surface area contributed by atoms with Crippen molar-refractivity contribution in [2.45, 2.75) is 32.5 Å². The summed E-state index contributed by atoms with van der Waals surface area (Å²) in [6.07, 6.45) is -3.89. The molecule has 0 radical (unpaired) electrons. The lowest BCUT2D eigenvalue weighted by atomic mass is 9.98. The van der Waals surface area contributed by atoms with Gasteiger partial charge in [-0.3, -0.25) is 0 Å². The summed E-state index contributed by atoms with van der Waals surface area (Å²) < 4.78 is 52.0. The third kappa shape index (κ3) is 6.77. The summed E-state index contributed by atoms with van der Waals surface area (Å²) >= 11 is 0. The van der Waals surface area contributed by atoms with E-state index in [0.717, 1.165) is 24.1 Å². The fraction of sp³-hybridized carbons (Fsp3) is 0.250. The predicted molar refractivity (Wildman–Crippen MR) is 122 cm³/mol. The van der Waals surface area contributed by atoms with Crippen LogP contribution < -0.4 is 24.8 Å². The summed E-state index contributed by atoms with van der Waals surface area (Å²) in [5.74, 6) is 0.863. The van der Waals surface area contributed by atoms with Gasteiger partial charge in [0.25, 0.3) is 0 Å². The molecule has 180 valence electrons. The molecule has 0 aliphatic carbocycles. The van der Waals surface area contributed by atoms with Crippen LogP contribution in [0.3, 0.4) is 0 Å². The number of aromatic nitrogens is 1. The van der Waals surface area contributed by atoms with Crippen molar-refractivity contribution in [2.24, 2.45) is 0 Å². The Balaban J connectivity index is 1.77. The number of ether oxygens (including phenoxy) is 3. The Hall–Kier alpha value is -3.95. The molecule has 2 N–H and O–H groups in total. The molecule has 1 aromatic heterocycles. The average molecular weight is 475 g/mol. The SMILES string of the molecule is CCC(C)c1ccccc1Oc1nc(OC)ccc1NC(=O)Nc1ccc(OC(F)(F)F)cc1. The molecule has 7 nitrogen and oxygen atoms in total. The third-order valence-corrected chi connectivity index (χ3v) is 4.91. The van der Waals surface area contributed by atoms with Crippen LogP contribution in [-0.2, 0) is 0 Å². The van der Waals surface area contributed by atoms with Crippen LogP contribution in [0.2, 0.25) is 0 Å². The fourth-order valence-corrected chi connectivity index (χ4v) is 3.04. The van der Waals surface area contributed by atoms with Gasteiger partial charge in [-0.05, 0) is 54.3 Å². The van der Waals surface area contributed by atoms with Gasteiger partial charge in [0.15, 0.2) is 0 Å². The van der Waals surface area contributed by atoms with E-state index in [1.54, 1.807) is 12.1 Å². The van der Waals surface area contributed by atoms with E-state index in [9.17, 15) is 18.0 Å². The van der Waals surface area contributed by atoms with E-state index in [1.807, 2.05) is 24.3 Å². The van der Waals surface area contributed by atoms with Crippen molar-refractivity contribution in [3.8, 4) is 23.3 Å². The van der Waals surface area contributed by atoms with Crippen LogP contribution in [0.15, 0.2) is 60.7 Å². The van der Waals surface area contributed by atoms with Crippen LogP contribution in [-0.4, -0.2) is 24.5 Å². The standard InChI is InChI=1S/C24H24F3N3O4/c1-4-15(2)18-7-5-6-8-20(18)33-22-19(13-14-21(30-22)32-3)29-23(31)28-16-9-11-17(12-10-16)34-24(25,26)27/h5-15H,4H2,1-3H3,(H2,28,29,31). The molecular formula is C24H24F3N3O4. The number of hydrogen-bond donors (Lipinski definition) is 2. The van der Waals surface area contributed by atoms with Crippen molar-refractivity contribution in [1.29, 1.82) is 0 Å². The van der Waals surface area contributed by atoms with Crippen molar-refractivity contribution in [3.05, 3.63) is 66.2 Å². The number of pyridine rings is 1. The zero-order valence-corrected chi connectivity index (χ0v) is 18.8. The Labute approximate surface area is 194 Å². The lowest BCUT2D eigenvalue weighted by molar-refractivity contribution is -0.274. The summed E-state index contributed by atoms with van der Waals surface area (Å²) in [7, 11) is 1.46. The molecule has 0 aliphatic heterocycles. The minimum Gasteiger partial charge on any atom is -0.481 e. The quantitative estimate of drug-likeness (QED) is 0.369. The maximum absolute atomic E-state index is 12.5. The van der Waals surface area contributed by atoms with Crippen LogP contribution in [0, 0.1) is 0 Å². The van der Waals surface area contributed by atoms with Gasteiger partial charge in [-0.2, -0.15) is 4.98 Å². The second kappa shape index (κ2) is 10.8. The number of urea groups is 1. The van der Waals surface area contributed by atoms with Crippen molar-refractivity contribution >= 4 is 17.4 Å². The first-order valence-electron chi connectivity index (χ1n) is 10.4. The molecule has 0 bridgehead atoms. The Bertz CT molecular complexity index is 1120. The number of rotatable bonds is 8. The van der Waals surface area contributed by atoms with Crippen molar-refractivity contribution < 1.29 is 32.2 Å². The first-order valence-corrected chi connectivity index (χ1v) is 10.4. The number of amides is 2. The number of hydrogen-bond acceptors (Lipinski definition) is 5. The van der Waals surface area contributed by atoms with Crippen molar-refractivity contribution in [1.82, 2.24) is 4.98 Å². The third-order valence-electron chi connectivity index (χ3n) is 4.91. The van der Waals surface area contributed by atoms with Crippen molar-refractivity contribution in [2.75, 3.05) is 17.7 Å². The second-order valence-corrected chi connectivity index (χ2v) is 7.31. The molecule has 0 saturated heterocycles. The van der Waals surface area contributed by atoms with Gasteiger partial charge in [-0.15, -0.1) is 13.2 Å². The molecular weight excluding hydrogens is 451 g/mol. The predicted octanol–water partition coefficient (Wildman–Crippen LogP) is 6.94. The van der Waals surface area contributed by atoms with E-state index >= 15 is 0 Å². The molecule has 1 atom stereocenters. The van der Waals surface area contributed by atoms with E-state index < -0.39 is 18.1 Å². The number of carbonyl (C=O) groups is 1. The smallest absolute Gasteiger partial charge is 0.481 e. The average Bonchev–Trinajstić information content (AvgIpc) is 2.80. The lowest BCUT2D eigenvalue weighted by Crippen LogP contribution is -2.20. The summed E-state index contributed by atoms with van der Waals surface area (Å²) in [6.45, 7) is 4.16. The minimum atomic E-state index is -4.79. The number of methoxy groups -OCH3 is 1. The van der Waals surface area contributed by atoms with Crippen LogP contribution >= 0.6 is 0 Å². The van der Waals surface area contributed by atoms with Gasteiger partial charge in [-0.25, -0.2) is 4.79 Å². The highest BCUT2D eigenvalue weighted by Gasteiger charge is 2.31. The lowest BCUT2D eigenvalue weighted by Gasteiger charge is -2.17. The largest absolute Gasteiger partial charge is 0.573 e. The molecule has 0 fully saturated rings. The molecule has 34 heavy (non-hydrogen) atoms. The molecule has 1 unspecified atom stereocenters. The van der Waals surface area contributed by atoms with Crippen LogP contribution in [0.25, 0.3) is 0 Å². The highest BCUT2D eigenvalue weighted by molar-refractivity contribution is 6.00. The number of carbonyl (C=O) groups excluding carboxylic acids is 1. The van der Waals surface area contributed by atoms with Gasteiger partial charge in [0.1, 0.15) is 17.2 Å². The van der Waals surface area contributed by atoms with Gasteiger partial charge < -0.3 is 24.8 Å². The summed E-state index contributed by atoms with van der Waals surface area (Å²) in [4.78, 5) is 16.8. The molecule has 2 amide bonds. The summed E-state index contributed by atoms with van der Waals surface area (Å²) in [5.41, 5.74) is 1.53. The van der Waals surface area contributed by atoms with Crippen LogP contribution in [0.4, 0.5) is 29.3 Å². The highest BCUT2D eigenvalue weighted by Crippen LogP contribution is 2.35. The molecule has 0 spiro atoms. The van der Waals surface area contributed by atoms with E-state index in [0.29, 0.717) is 11.6 Å². The highest BCUT2D eigenvalue weighted by atomic mass is 19.4. The number of nitrogens with one attached hydrogen (secondary N) is 2. The molecule has 0 aliphatic rings. The number of nitrogens with zero attached hydrogens (tertiary/aromatic N) is 1. The zero-order chi connectivity index (χ0) is 24.7. The van der Waals surface area contributed by atoms with Gasteiger partial charge in [0.05, 0.1) is 7.11 Å². The molecule has 2 aromatic carbocycles. The normalized spacial score (nSPS) is 11.9. The van der Waals surface area contributed by atoms with Crippen molar-refractivity contribution in [3.63, 3.8) is 0 Å². The number of anilines is 2. The maximum atomic E-state index is 12.5. The molecule has 3 aromatic rings. The molecule has 10 heteroatoms. The van der Waals surface area contributed by atoms with Crippen LogP contribution in [0.5, 0.6) is 23.3 Å². The second-order valence-electron chi connectivity index (χ2n) is 7.31. The Morgan fingerprint density at radius 2 is 1.74 bits per heavy atom. The maximum Gasteiger partial charge on any atom is 0.573 e. The van der Waals surface area contributed by atoms with E-state index in [-0.39, 0.29) is 23.2 Å². The number of benzene rings is 2. The number of alkyl halides is 3. The van der Waals surface area contributed by atoms with E-state index in [4.69, 9.17) is 9.47 Å². The van der Waals surface area contributed by atoms with Gasteiger partial charge in [-0.1, -0.05) is 32.0 Å². The Kier molecular flexibility index (Phi) is 7.83. The molecule has 3 rings (SSSR count). The van der Waals surface area contributed by atoms with Gasteiger partial charge in [0, 0.05) is 11.8 Å². The zero-order valence-electron chi connectivity index (χ0n) is 18.8. The Morgan fingerprint density at radius 1 is 1.03 bits per heavy atom. The molecule has 1 heterocycles. The monoisotopic (exact) mass is 475 g/mol. The van der Waals surface area contributed by atoms with Gasteiger partial charge >= 0.3 is 12.4 Å². The summed E-state index contributed by atoms with van der Waals surface area (Å²) in [5, 5.41) is 5.18. The van der Waals surface area contributed by atoms with E-state index in [1.165, 1.54) is 19.2 Å². The summed E-state index contributed by atoms with van der Waals surface area (Å²) in [6, 6.07) is 14.8. The minimum absolute atomic E-state index is 0.124. The van der Waals surface area contributed by atoms with Crippen LogP contribution in [0.1, 0.15) is 31.7 Å². The fourth-order valence-electron chi connectivity index (χ4n) is 3.04. The first kappa shape index (κ1) is 24.7. The number of halogens is 3. The number of para-hydroxylation sites is 1. The Morgan fingerprint density at radius 3 is 2.38 bits per heavy atom. The molecule has 0 saturated carbocycles.